The fourth-order valence-electron chi connectivity index (χ4n) is 3.66. The van der Waals surface area contributed by atoms with Crippen molar-refractivity contribution in [2.24, 2.45) is 0 Å². The Kier molecular flexibility index (Phi) is 6.05. The zero-order valence-electron chi connectivity index (χ0n) is 16.5. The quantitative estimate of drug-likeness (QED) is 0.796. The van der Waals surface area contributed by atoms with E-state index in [9.17, 15) is 9.59 Å². The van der Waals surface area contributed by atoms with Gasteiger partial charge in [0.1, 0.15) is 17.7 Å². The van der Waals surface area contributed by atoms with E-state index >= 15 is 0 Å². The highest BCUT2D eigenvalue weighted by molar-refractivity contribution is 5.86. The maximum Gasteiger partial charge on any atom is 0.410 e. The third kappa shape index (κ3) is 5.01. The number of morpholine rings is 1. The molecule has 0 bridgehead atoms. The summed E-state index contributed by atoms with van der Waals surface area (Å²) in [7, 11) is 0. The molecule has 0 radical (unpaired) electrons. The van der Waals surface area contributed by atoms with Gasteiger partial charge in [-0.2, -0.15) is 0 Å². The molecule has 2 aliphatic rings. The predicted octanol–water partition coefficient (Wildman–Crippen LogP) is 3.38. The van der Waals surface area contributed by atoms with Gasteiger partial charge < -0.3 is 14.4 Å². The SMILES string of the molecule is CC(C)(C)OC(=O)N1CCCC[C@@H]1C(=O)N1CCO[C@H](c2ccccc2)C1. The summed E-state index contributed by atoms with van der Waals surface area (Å²) in [6, 6.07) is 9.52. The molecule has 2 atom stereocenters. The average Bonchev–Trinajstić information content (AvgIpc) is 2.67. The number of hydrogen-bond donors (Lipinski definition) is 0. The molecule has 2 heterocycles. The highest BCUT2D eigenvalue weighted by atomic mass is 16.6. The van der Waals surface area contributed by atoms with E-state index in [0.29, 0.717) is 32.7 Å². The van der Waals surface area contributed by atoms with Crippen LogP contribution in [0.3, 0.4) is 0 Å². The summed E-state index contributed by atoms with van der Waals surface area (Å²) < 4.78 is 11.4. The van der Waals surface area contributed by atoms with Crippen LogP contribution in [-0.2, 0) is 14.3 Å². The Bertz CT molecular complexity index is 656. The van der Waals surface area contributed by atoms with Crippen LogP contribution in [0.4, 0.5) is 4.79 Å². The molecular formula is C21H30N2O4. The number of likely N-dealkylation sites (tertiary alicyclic amines) is 1. The van der Waals surface area contributed by atoms with Crippen LogP contribution in [0.1, 0.15) is 51.7 Å². The molecule has 148 valence electrons. The van der Waals surface area contributed by atoms with E-state index < -0.39 is 17.7 Å². The summed E-state index contributed by atoms with van der Waals surface area (Å²) in [5.74, 6) is 0.00444. The number of hydrogen-bond acceptors (Lipinski definition) is 4. The van der Waals surface area contributed by atoms with Gasteiger partial charge >= 0.3 is 6.09 Å². The molecule has 6 heteroatoms. The standard InChI is InChI=1S/C21H30N2O4/c1-21(2,3)27-20(25)23-12-8-7-11-17(23)19(24)22-13-14-26-18(15-22)16-9-5-4-6-10-16/h4-6,9-10,17-18H,7-8,11-15H2,1-3H3/t17-,18+/m1/s1. The summed E-state index contributed by atoms with van der Waals surface area (Å²) in [6.07, 6.45) is 2.02. The van der Waals surface area contributed by atoms with Crippen LogP contribution in [0.15, 0.2) is 30.3 Å². The van der Waals surface area contributed by atoms with Crippen LogP contribution < -0.4 is 0 Å². The summed E-state index contributed by atoms with van der Waals surface area (Å²) in [6.45, 7) is 7.68. The van der Waals surface area contributed by atoms with Crippen molar-refractivity contribution in [1.29, 1.82) is 0 Å². The van der Waals surface area contributed by atoms with E-state index in [1.807, 2.05) is 56.0 Å². The van der Waals surface area contributed by atoms with Gasteiger partial charge in [-0.05, 0) is 45.6 Å². The van der Waals surface area contributed by atoms with Crippen molar-refractivity contribution in [2.75, 3.05) is 26.2 Å². The molecule has 2 saturated heterocycles. The molecule has 0 aliphatic carbocycles. The Balaban J connectivity index is 1.69. The second-order valence-electron chi connectivity index (χ2n) is 8.24. The first-order valence-electron chi connectivity index (χ1n) is 9.80. The van der Waals surface area contributed by atoms with Crippen molar-refractivity contribution >= 4 is 12.0 Å². The van der Waals surface area contributed by atoms with Crippen LogP contribution in [0.25, 0.3) is 0 Å². The normalized spacial score (nSPS) is 23.8. The zero-order valence-corrected chi connectivity index (χ0v) is 16.5. The van der Waals surface area contributed by atoms with Gasteiger partial charge in [-0.1, -0.05) is 30.3 Å². The van der Waals surface area contributed by atoms with E-state index in [2.05, 4.69) is 0 Å². The number of benzene rings is 1. The molecule has 2 aliphatic heterocycles. The van der Waals surface area contributed by atoms with Gasteiger partial charge in [-0.15, -0.1) is 0 Å². The van der Waals surface area contributed by atoms with E-state index in [1.54, 1.807) is 4.90 Å². The highest BCUT2D eigenvalue weighted by Gasteiger charge is 2.38. The summed E-state index contributed by atoms with van der Waals surface area (Å²) >= 11 is 0. The van der Waals surface area contributed by atoms with Gasteiger partial charge in [0.05, 0.1) is 13.2 Å². The third-order valence-corrected chi connectivity index (χ3v) is 4.97. The van der Waals surface area contributed by atoms with Crippen LogP contribution in [0.5, 0.6) is 0 Å². The average molecular weight is 374 g/mol. The van der Waals surface area contributed by atoms with E-state index in [-0.39, 0.29) is 12.0 Å². The minimum atomic E-state index is -0.570. The van der Waals surface area contributed by atoms with E-state index in [1.165, 1.54) is 0 Å². The summed E-state index contributed by atoms with van der Waals surface area (Å²) in [5, 5.41) is 0. The molecular weight excluding hydrogens is 344 g/mol. The Morgan fingerprint density at radius 3 is 2.56 bits per heavy atom. The molecule has 0 spiro atoms. The lowest BCUT2D eigenvalue weighted by Gasteiger charge is -2.40. The number of ether oxygens (including phenoxy) is 2. The zero-order chi connectivity index (χ0) is 19.4. The molecule has 1 aromatic carbocycles. The number of rotatable bonds is 2. The first kappa shape index (κ1) is 19.7. The summed E-state index contributed by atoms with van der Waals surface area (Å²) in [4.78, 5) is 29.3. The second-order valence-corrected chi connectivity index (χ2v) is 8.24. The Morgan fingerprint density at radius 2 is 1.85 bits per heavy atom. The van der Waals surface area contributed by atoms with Crippen molar-refractivity contribution in [3.8, 4) is 0 Å². The second kappa shape index (κ2) is 8.30. The van der Waals surface area contributed by atoms with Crippen LogP contribution in [0, 0.1) is 0 Å². The molecule has 27 heavy (non-hydrogen) atoms. The molecule has 2 fully saturated rings. The third-order valence-electron chi connectivity index (χ3n) is 4.97. The fraction of sp³-hybridized carbons (Fsp3) is 0.619. The van der Waals surface area contributed by atoms with Gasteiger partial charge in [-0.25, -0.2) is 4.79 Å². The van der Waals surface area contributed by atoms with Crippen molar-refractivity contribution in [2.45, 2.75) is 57.8 Å². The Morgan fingerprint density at radius 1 is 1.11 bits per heavy atom. The lowest BCUT2D eigenvalue weighted by Crippen LogP contribution is -2.56. The minimum Gasteiger partial charge on any atom is -0.444 e. The molecule has 2 amide bonds. The predicted molar refractivity (Wildman–Crippen MR) is 102 cm³/mol. The topological polar surface area (TPSA) is 59.1 Å². The van der Waals surface area contributed by atoms with E-state index in [4.69, 9.17) is 9.47 Å². The lowest BCUT2D eigenvalue weighted by atomic mass is 10.0. The molecule has 6 nitrogen and oxygen atoms in total. The fourth-order valence-corrected chi connectivity index (χ4v) is 3.66. The van der Waals surface area contributed by atoms with Crippen molar-refractivity contribution in [3.05, 3.63) is 35.9 Å². The Hall–Kier alpha value is -2.08. The number of amides is 2. The smallest absolute Gasteiger partial charge is 0.410 e. The minimum absolute atomic E-state index is 0.00444. The van der Waals surface area contributed by atoms with Crippen LogP contribution in [0.2, 0.25) is 0 Å². The van der Waals surface area contributed by atoms with Gasteiger partial charge in [0, 0.05) is 13.1 Å². The first-order chi connectivity index (χ1) is 12.8. The largest absolute Gasteiger partial charge is 0.444 e. The molecule has 0 saturated carbocycles. The molecule has 0 N–H and O–H groups in total. The lowest BCUT2D eigenvalue weighted by molar-refractivity contribution is -0.145. The highest BCUT2D eigenvalue weighted by Crippen LogP contribution is 2.26. The van der Waals surface area contributed by atoms with Gasteiger partial charge in [0.15, 0.2) is 0 Å². The van der Waals surface area contributed by atoms with Gasteiger partial charge in [0.2, 0.25) is 5.91 Å². The van der Waals surface area contributed by atoms with Crippen molar-refractivity contribution in [3.63, 3.8) is 0 Å². The van der Waals surface area contributed by atoms with E-state index in [0.717, 1.165) is 18.4 Å². The van der Waals surface area contributed by atoms with Crippen LogP contribution in [-0.4, -0.2) is 59.7 Å². The molecule has 0 unspecified atom stereocenters. The maximum atomic E-state index is 13.2. The number of nitrogens with zero attached hydrogens (tertiary/aromatic N) is 2. The Labute approximate surface area is 161 Å². The first-order valence-corrected chi connectivity index (χ1v) is 9.80. The molecule has 0 aromatic heterocycles. The van der Waals surface area contributed by atoms with Gasteiger partial charge in [0.25, 0.3) is 0 Å². The number of carbonyl (C=O) groups excluding carboxylic acids is 2. The molecule has 3 rings (SSSR count). The maximum absolute atomic E-state index is 13.2. The van der Waals surface area contributed by atoms with Gasteiger partial charge in [-0.3, -0.25) is 9.69 Å². The monoisotopic (exact) mass is 374 g/mol. The number of piperidine rings is 1. The molecule has 1 aromatic rings. The number of carbonyl (C=O) groups is 2. The van der Waals surface area contributed by atoms with Crippen molar-refractivity contribution in [1.82, 2.24) is 9.80 Å². The summed E-state index contributed by atoms with van der Waals surface area (Å²) in [5.41, 5.74) is 0.502. The van der Waals surface area contributed by atoms with Crippen molar-refractivity contribution < 1.29 is 19.1 Å². The van der Waals surface area contributed by atoms with Crippen LogP contribution >= 0.6 is 0 Å².